The molecule has 0 saturated carbocycles. The fraction of sp³-hybridized carbons (Fsp3) is 0.385. The maximum atomic E-state index is 11.9. The summed E-state index contributed by atoms with van der Waals surface area (Å²) < 4.78 is 17.1. The molecular formula is C13H16N2O3S2. The molecule has 2 rings (SSSR count). The van der Waals surface area contributed by atoms with Crippen LogP contribution in [0.3, 0.4) is 0 Å². The van der Waals surface area contributed by atoms with Gasteiger partial charge >= 0.3 is 0 Å². The quantitative estimate of drug-likeness (QED) is 0.850. The highest BCUT2D eigenvalue weighted by Gasteiger charge is 2.12. The summed E-state index contributed by atoms with van der Waals surface area (Å²) >= 11 is 1.44. The van der Waals surface area contributed by atoms with E-state index in [9.17, 15) is 9.00 Å². The number of hydrogen-bond donors (Lipinski definition) is 1. The lowest BCUT2D eigenvalue weighted by atomic mass is 10.5. The van der Waals surface area contributed by atoms with Crippen LogP contribution in [0.15, 0.2) is 28.2 Å². The van der Waals surface area contributed by atoms with Crippen molar-refractivity contribution in [2.75, 3.05) is 12.3 Å². The van der Waals surface area contributed by atoms with Crippen molar-refractivity contribution in [3.8, 4) is 10.8 Å². The first-order valence-corrected chi connectivity index (χ1v) is 8.65. The van der Waals surface area contributed by atoms with Crippen molar-refractivity contribution < 1.29 is 13.4 Å². The molecule has 0 fully saturated rings. The lowest BCUT2D eigenvalue weighted by molar-refractivity contribution is -0.118. The van der Waals surface area contributed by atoms with E-state index in [-0.39, 0.29) is 17.4 Å². The molecule has 1 atom stereocenters. The third-order valence-corrected chi connectivity index (χ3v) is 4.56. The number of furan rings is 1. The topological polar surface area (TPSA) is 72.2 Å². The fourth-order valence-corrected chi connectivity index (χ4v) is 3.43. The molecule has 20 heavy (non-hydrogen) atoms. The highest BCUT2D eigenvalue weighted by molar-refractivity contribution is 7.84. The Labute approximate surface area is 123 Å². The summed E-state index contributed by atoms with van der Waals surface area (Å²) in [7, 11) is -1.24. The van der Waals surface area contributed by atoms with Gasteiger partial charge in [-0.2, -0.15) is 0 Å². The number of aromatic nitrogens is 1. The van der Waals surface area contributed by atoms with Crippen molar-refractivity contribution in [3.63, 3.8) is 0 Å². The third kappa shape index (κ3) is 4.28. The third-order valence-electron chi connectivity index (χ3n) is 2.46. The van der Waals surface area contributed by atoms with Gasteiger partial charge < -0.3 is 9.73 Å². The number of hydrogen-bond acceptors (Lipinski definition) is 5. The predicted octanol–water partition coefficient (Wildman–Crippen LogP) is 2.18. The van der Waals surface area contributed by atoms with Crippen LogP contribution < -0.4 is 5.32 Å². The molecule has 0 bridgehead atoms. The summed E-state index contributed by atoms with van der Waals surface area (Å²) in [6, 6.07) is 3.63. The number of carbonyl (C=O) groups excluding carboxylic acids is 1. The Morgan fingerprint density at radius 2 is 2.40 bits per heavy atom. The van der Waals surface area contributed by atoms with Gasteiger partial charge in [0.15, 0.2) is 10.8 Å². The van der Waals surface area contributed by atoms with Crippen LogP contribution in [0, 0.1) is 0 Å². The Morgan fingerprint density at radius 1 is 1.55 bits per heavy atom. The molecular weight excluding hydrogens is 296 g/mol. The maximum absolute atomic E-state index is 11.9. The molecule has 0 aliphatic heterocycles. The van der Waals surface area contributed by atoms with Crippen molar-refractivity contribution in [1.29, 1.82) is 0 Å². The molecule has 2 heterocycles. The minimum Gasteiger partial charge on any atom is -0.462 e. The first kappa shape index (κ1) is 14.9. The molecule has 0 aromatic carbocycles. The fourth-order valence-electron chi connectivity index (χ4n) is 1.56. The number of thiazole rings is 1. The van der Waals surface area contributed by atoms with E-state index in [0.717, 1.165) is 17.1 Å². The van der Waals surface area contributed by atoms with E-state index >= 15 is 0 Å². The highest BCUT2D eigenvalue weighted by Crippen LogP contribution is 2.24. The largest absolute Gasteiger partial charge is 0.462 e. The average molecular weight is 312 g/mol. The van der Waals surface area contributed by atoms with Crippen molar-refractivity contribution in [2.45, 2.75) is 19.1 Å². The van der Waals surface area contributed by atoms with Crippen LogP contribution in [0.4, 0.5) is 0 Å². The molecule has 0 radical (unpaired) electrons. The van der Waals surface area contributed by atoms with Crippen LogP contribution in [0.5, 0.6) is 0 Å². The van der Waals surface area contributed by atoms with Crippen molar-refractivity contribution in [2.24, 2.45) is 0 Å². The van der Waals surface area contributed by atoms with E-state index in [1.54, 1.807) is 12.3 Å². The van der Waals surface area contributed by atoms with E-state index < -0.39 is 10.8 Å². The van der Waals surface area contributed by atoms with Gasteiger partial charge in [-0.25, -0.2) is 4.98 Å². The average Bonchev–Trinajstić information content (AvgIpc) is 3.06. The Balaban J connectivity index is 1.87. The SMILES string of the molecule is CCCNC(=O)C[S@@](=O)Cc1csc(-c2ccco2)n1. The maximum Gasteiger partial charge on any atom is 0.232 e. The Bertz CT molecular complexity index is 578. The molecule has 0 unspecified atom stereocenters. The molecule has 0 aliphatic carbocycles. The van der Waals surface area contributed by atoms with Gasteiger partial charge in [0.05, 0.1) is 17.7 Å². The number of rotatable bonds is 7. The van der Waals surface area contributed by atoms with Gasteiger partial charge in [-0.15, -0.1) is 11.3 Å². The summed E-state index contributed by atoms with van der Waals surface area (Å²) in [6.07, 6.45) is 2.46. The van der Waals surface area contributed by atoms with Crippen LogP contribution in [0.2, 0.25) is 0 Å². The zero-order valence-corrected chi connectivity index (χ0v) is 12.8. The lowest BCUT2D eigenvalue weighted by Crippen LogP contribution is -2.29. The molecule has 5 nitrogen and oxygen atoms in total. The van der Waals surface area contributed by atoms with Crippen molar-refractivity contribution in [1.82, 2.24) is 10.3 Å². The van der Waals surface area contributed by atoms with E-state index in [4.69, 9.17) is 4.42 Å². The first-order chi connectivity index (χ1) is 9.69. The van der Waals surface area contributed by atoms with E-state index in [1.807, 2.05) is 18.4 Å². The highest BCUT2D eigenvalue weighted by atomic mass is 32.2. The van der Waals surface area contributed by atoms with Gasteiger partial charge in [-0.05, 0) is 18.6 Å². The van der Waals surface area contributed by atoms with Gasteiger partial charge in [0.25, 0.3) is 0 Å². The van der Waals surface area contributed by atoms with Gasteiger partial charge in [-0.3, -0.25) is 9.00 Å². The van der Waals surface area contributed by atoms with Crippen LogP contribution in [0.1, 0.15) is 19.0 Å². The summed E-state index contributed by atoms with van der Waals surface area (Å²) in [4.78, 5) is 15.8. The smallest absolute Gasteiger partial charge is 0.232 e. The minimum atomic E-state index is -1.24. The lowest BCUT2D eigenvalue weighted by Gasteiger charge is -2.02. The Morgan fingerprint density at radius 3 is 3.10 bits per heavy atom. The Kier molecular flexibility index (Phi) is 5.49. The molecule has 2 aromatic heterocycles. The number of nitrogens with one attached hydrogen (secondary N) is 1. The van der Waals surface area contributed by atoms with E-state index in [0.29, 0.717) is 12.3 Å². The van der Waals surface area contributed by atoms with E-state index in [1.165, 1.54) is 11.3 Å². The summed E-state index contributed by atoms with van der Waals surface area (Å²) in [5, 5.41) is 5.32. The second-order valence-corrected chi connectivity index (χ2v) is 6.51. The van der Waals surface area contributed by atoms with Gasteiger partial charge in [0, 0.05) is 22.7 Å². The zero-order chi connectivity index (χ0) is 14.4. The summed E-state index contributed by atoms with van der Waals surface area (Å²) in [5.41, 5.74) is 0.725. The second kappa shape index (κ2) is 7.35. The summed E-state index contributed by atoms with van der Waals surface area (Å²) in [6.45, 7) is 2.60. The molecule has 1 amide bonds. The van der Waals surface area contributed by atoms with Crippen LogP contribution >= 0.6 is 11.3 Å². The molecule has 0 saturated heterocycles. The monoisotopic (exact) mass is 312 g/mol. The standard InChI is InChI=1S/C13H16N2O3S2/c1-2-5-14-12(16)9-20(17)8-10-7-19-13(15-10)11-4-3-6-18-11/h3-4,6-7H,2,5,8-9H2,1H3,(H,14,16)/t20-/m0/s1. The number of carbonyl (C=O) groups is 1. The predicted molar refractivity (Wildman–Crippen MR) is 79.8 cm³/mol. The molecule has 1 N–H and O–H groups in total. The summed E-state index contributed by atoms with van der Waals surface area (Å²) in [5.74, 6) is 0.837. The van der Waals surface area contributed by atoms with Gasteiger partial charge in [0.1, 0.15) is 5.75 Å². The van der Waals surface area contributed by atoms with Crippen molar-refractivity contribution in [3.05, 3.63) is 29.5 Å². The first-order valence-electron chi connectivity index (χ1n) is 6.29. The van der Waals surface area contributed by atoms with Gasteiger partial charge in [-0.1, -0.05) is 6.92 Å². The zero-order valence-electron chi connectivity index (χ0n) is 11.1. The Hall–Kier alpha value is -1.47. The normalized spacial score (nSPS) is 12.2. The number of amides is 1. The molecule has 7 heteroatoms. The molecule has 0 spiro atoms. The number of nitrogens with zero attached hydrogens (tertiary/aromatic N) is 1. The van der Waals surface area contributed by atoms with Crippen LogP contribution in [0.25, 0.3) is 10.8 Å². The minimum absolute atomic E-state index is 0.0214. The molecule has 108 valence electrons. The van der Waals surface area contributed by atoms with Crippen LogP contribution in [-0.4, -0.2) is 27.4 Å². The molecule has 2 aromatic rings. The van der Waals surface area contributed by atoms with Crippen molar-refractivity contribution >= 4 is 28.0 Å². The van der Waals surface area contributed by atoms with Gasteiger partial charge in [0.2, 0.25) is 5.91 Å². The van der Waals surface area contributed by atoms with E-state index in [2.05, 4.69) is 10.3 Å². The van der Waals surface area contributed by atoms with Crippen LogP contribution in [-0.2, 0) is 21.3 Å². The second-order valence-electron chi connectivity index (χ2n) is 4.20. The molecule has 0 aliphatic rings.